The second-order valence-electron chi connectivity index (χ2n) is 4.45. The first-order valence-electron chi connectivity index (χ1n) is 6.40. The zero-order chi connectivity index (χ0) is 15.3. The highest BCUT2D eigenvalue weighted by atomic mass is 79.9. The van der Waals surface area contributed by atoms with Gasteiger partial charge in [-0.3, -0.25) is 0 Å². The number of ether oxygens (including phenoxy) is 1. The molecule has 4 nitrogen and oxygen atoms in total. The molecule has 0 aliphatic rings. The van der Waals surface area contributed by atoms with Crippen LogP contribution in [0.25, 0.3) is 0 Å². The standard InChI is InChI=1S/C15H16BrNO3S/c1-17(21(18,19)15-8-3-2-4-9-15)10-11-20-14-7-5-6-13(16)12-14/h2-9,12H,10-11H2,1H3. The number of sulfonamides is 1. The number of hydrogen-bond acceptors (Lipinski definition) is 3. The molecule has 0 heterocycles. The lowest BCUT2D eigenvalue weighted by Gasteiger charge is -2.17. The van der Waals surface area contributed by atoms with Crippen molar-refractivity contribution in [3.8, 4) is 5.75 Å². The number of benzene rings is 2. The Labute approximate surface area is 133 Å². The molecule has 21 heavy (non-hydrogen) atoms. The third-order valence-electron chi connectivity index (χ3n) is 2.92. The molecule has 0 fully saturated rings. The maximum atomic E-state index is 12.3. The second-order valence-corrected chi connectivity index (χ2v) is 7.41. The summed E-state index contributed by atoms with van der Waals surface area (Å²) in [6.45, 7) is 0.572. The van der Waals surface area contributed by atoms with Crippen LogP contribution >= 0.6 is 15.9 Å². The zero-order valence-electron chi connectivity index (χ0n) is 11.6. The van der Waals surface area contributed by atoms with E-state index in [9.17, 15) is 8.42 Å². The van der Waals surface area contributed by atoms with Crippen LogP contribution in [0.3, 0.4) is 0 Å². The zero-order valence-corrected chi connectivity index (χ0v) is 14.0. The highest BCUT2D eigenvalue weighted by Crippen LogP contribution is 2.18. The van der Waals surface area contributed by atoms with Crippen molar-refractivity contribution in [2.45, 2.75) is 4.90 Å². The van der Waals surface area contributed by atoms with E-state index in [2.05, 4.69) is 15.9 Å². The van der Waals surface area contributed by atoms with Gasteiger partial charge in [0, 0.05) is 18.1 Å². The summed E-state index contributed by atoms with van der Waals surface area (Å²) < 4.78 is 32.3. The minimum atomic E-state index is -3.46. The van der Waals surface area contributed by atoms with Crippen molar-refractivity contribution in [3.63, 3.8) is 0 Å². The smallest absolute Gasteiger partial charge is 0.242 e. The molecule has 0 radical (unpaired) electrons. The molecule has 0 spiro atoms. The predicted octanol–water partition coefficient (Wildman–Crippen LogP) is 3.15. The fourth-order valence-electron chi connectivity index (χ4n) is 1.74. The van der Waals surface area contributed by atoms with Gasteiger partial charge in [0.1, 0.15) is 12.4 Å². The van der Waals surface area contributed by atoms with Crippen LogP contribution in [0, 0.1) is 0 Å². The van der Waals surface area contributed by atoms with E-state index in [-0.39, 0.29) is 11.4 Å². The van der Waals surface area contributed by atoms with E-state index < -0.39 is 10.0 Å². The van der Waals surface area contributed by atoms with Crippen molar-refractivity contribution in [1.82, 2.24) is 4.31 Å². The topological polar surface area (TPSA) is 46.6 Å². The van der Waals surface area contributed by atoms with Gasteiger partial charge >= 0.3 is 0 Å². The van der Waals surface area contributed by atoms with Crippen LogP contribution in [0.1, 0.15) is 0 Å². The lowest BCUT2D eigenvalue weighted by Crippen LogP contribution is -2.30. The molecule has 0 aromatic heterocycles. The fourth-order valence-corrected chi connectivity index (χ4v) is 3.30. The SMILES string of the molecule is CN(CCOc1cccc(Br)c1)S(=O)(=O)c1ccccc1. The second kappa shape index (κ2) is 7.06. The number of hydrogen-bond donors (Lipinski definition) is 0. The van der Waals surface area contributed by atoms with Gasteiger partial charge in [0.05, 0.1) is 4.90 Å². The average Bonchev–Trinajstić information content (AvgIpc) is 2.48. The Kier molecular flexibility index (Phi) is 5.39. The van der Waals surface area contributed by atoms with Gasteiger partial charge in [-0.25, -0.2) is 8.42 Å². The van der Waals surface area contributed by atoms with E-state index in [1.807, 2.05) is 24.3 Å². The molecule has 0 saturated carbocycles. The van der Waals surface area contributed by atoms with Gasteiger partial charge in [-0.2, -0.15) is 4.31 Å². The molecule has 0 amide bonds. The van der Waals surface area contributed by atoms with Crippen LogP contribution in [0.5, 0.6) is 5.75 Å². The first-order chi connectivity index (χ1) is 10.00. The maximum absolute atomic E-state index is 12.3. The number of rotatable bonds is 6. The molecule has 0 aliphatic heterocycles. The van der Waals surface area contributed by atoms with Crippen molar-refractivity contribution in [3.05, 3.63) is 59.1 Å². The van der Waals surface area contributed by atoms with Crippen molar-refractivity contribution >= 4 is 26.0 Å². The summed E-state index contributed by atoms with van der Waals surface area (Å²) in [5.74, 6) is 0.704. The van der Waals surface area contributed by atoms with E-state index in [0.29, 0.717) is 12.4 Å². The number of likely N-dealkylation sites (N-methyl/N-ethyl adjacent to an activating group) is 1. The third-order valence-corrected chi connectivity index (χ3v) is 5.29. The minimum Gasteiger partial charge on any atom is -0.492 e. The largest absolute Gasteiger partial charge is 0.492 e. The molecule has 0 bridgehead atoms. The molecule has 0 aliphatic carbocycles. The van der Waals surface area contributed by atoms with Gasteiger partial charge < -0.3 is 4.74 Å². The Hall–Kier alpha value is -1.37. The quantitative estimate of drug-likeness (QED) is 0.785. The van der Waals surface area contributed by atoms with E-state index in [1.54, 1.807) is 37.4 Å². The number of halogens is 1. The normalized spacial score (nSPS) is 11.6. The fraction of sp³-hybridized carbons (Fsp3) is 0.200. The summed E-state index contributed by atoms with van der Waals surface area (Å²) in [5, 5.41) is 0. The Balaban J connectivity index is 1.94. The van der Waals surface area contributed by atoms with Crippen molar-refractivity contribution in [1.29, 1.82) is 0 Å². The maximum Gasteiger partial charge on any atom is 0.242 e. The molecular formula is C15H16BrNO3S. The van der Waals surface area contributed by atoms with Gasteiger partial charge in [0.25, 0.3) is 0 Å². The lowest BCUT2D eigenvalue weighted by atomic mass is 10.3. The molecule has 2 rings (SSSR count). The Morgan fingerprint density at radius 2 is 1.81 bits per heavy atom. The third kappa shape index (κ3) is 4.30. The van der Waals surface area contributed by atoms with E-state index in [1.165, 1.54) is 4.31 Å². The highest BCUT2D eigenvalue weighted by molar-refractivity contribution is 9.10. The summed E-state index contributed by atoms with van der Waals surface area (Å²) in [6.07, 6.45) is 0. The Morgan fingerprint density at radius 3 is 2.48 bits per heavy atom. The molecule has 6 heteroatoms. The first-order valence-corrected chi connectivity index (χ1v) is 8.63. The number of nitrogens with zero attached hydrogens (tertiary/aromatic N) is 1. The molecular weight excluding hydrogens is 354 g/mol. The van der Waals surface area contributed by atoms with Crippen LogP contribution in [-0.4, -0.2) is 32.9 Å². The van der Waals surface area contributed by atoms with E-state index in [4.69, 9.17) is 4.74 Å². The molecule has 0 N–H and O–H groups in total. The van der Waals surface area contributed by atoms with Gasteiger partial charge in [0.2, 0.25) is 10.0 Å². The van der Waals surface area contributed by atoms with E-state index >= 15 is 0 Å². The lowest BCUT2D eigenvalue weighted by molar-refractivity contribution is 0.287. The Bertz CT molecular complexity index is 689. The monoisotopic (exact) mass is 369 g/mol. The first kappa shape index (κ1) is 16.0. The molecule has 0 saturated heterocycles. The summed E-state index contributed by atoms with van der Waals surface area (Å²) in [7, 11) is -1.91. The minimum absolute atomic E-state index is 0.281. The van der Waals surface area contributed by atoms with Crippen LogP contribution in [0.2, 0.25) is 0 Å². The molecule has 2 aromatic rings. The van der Waals surface area contributed by atoms with Crippen molar-refractivity contribution < 1.29 is 13.2 Å². The summed E-state index contributed by atoms with van der Waals surface area (Å²) in [4.78, 5) is 0.287. The van der Waals surface area contributed by atoms with Crippen LogP contribution in [-0.2, 0) is 10.0 Å². The molecule has 2 aromatic carbocycles. The van der Waals surface area contributed by atoms with Crippen LogP contribution in [0.15, 0.2) is 64.0 Å². The highest BCUT2D eigenvalue weighted by Gasteiger charge is 2.19. The van der Waals surface area contributed by atoms with Crippen molar-refractivity contribution in [2.24, 2.45) is 0 Å². The molecule has 112 valence electrons. The summed E-state index contributed by atoms with van der Waals surface area (Å²) in [5.41, 5.74) is 0. The Morgan fingerprint density at radius 1 is 1.10 bits per heavy atom. The molecule has 0 unspecified atom stereocenters. The van der Waals surface area contributed by atoms with Crippen molar-refractivity contribution in [2.75, 3.05) is 20.2 Å². The van der Waals surface area contributed by atoms with Gasteiger partial charge in [-0.15, -0.1) is 0 Å². The van der Waals surface area contributed by atoms with Gasteiger partial charge in [0.15, 0.2) is 0 Å². The van der Waals surface area contributed by atoms with Crippen LogP contribution < -0.4 is 4.74 Å². The van der Waals surface area contributed by atoms with Crippen LogP contribution in [0.4, 0.5) is 0 Å². The van der Waals surface area contributed by atoms with Gasteiger partial charge in [-0.1, -0.05) is 40.2 Å². The molecule has 0 atom stereocenters. The summed E-state index contributed by atoms with van der Waals surface area (Å²) >= 11 is 3.36. The predicted molar refractivity (Wildman–Crippen MR) is 85.9 cm³/mol. The van der Waals surface area contributed by atoms with Gasteiger partial charge in [-0.05, 0) is 30.3 Å². The summed E-state index contributed by atoms with van der Waals surface area (Å²) in [6, 6.07) is 15.8. The van der Waals surface area contributed by atoms with E-state index in [0.717, 1.165) is 4.47 Å². The average molecular weight is 370 g/mol.